The van der Waals surface area contributed by atoms with Gasteiger partial charge in [0.1, 0.15) is 0 Å². The minimum absolute atomic E-state index is 0.0650. The topological polar surface area (TPSA) is 68.0 Å². The fourth-order valence-corrected chi connectivity index (χ4v) is 3.31. The van der Waals surface area contributed by atoms with Crippen LogP contribution in [0.3, 0.4) is 0 Å². The third-order valence-corrected chi connectivity index (χ3v) is 5.04. The lowest BCUT2D eigenvalue weighted by atomic mass is 10.1. The lowest BCUT2D eigenvalue weighted by molar-refractivity contribution is -0.118. The van der Waals surface area contributed by atoms with Gasteiger partial charge in [-0.2, -0.15) is 0 Å². The molecule has 1 amide bonds. The van der Waals surface area contributed by atoms with E-state index >= 15 is 0 Å². The molecule has 3 rings (SSSR count). The SMILES string of the molecule is O=C(CSc1nnc(-c2cccs2)o1)NCCc1ccc(Cl)cc1. The van der Waals surface area contributed by atoms with Crippen LogP contribution in [0, 0.1) is 0 Å². The summed E-state index contributed by atoms with van der Waals surface area (Å²) >= 11 is 8.60. The van der Waals surface area contributed by atoms with Crippen LogP contribution in [0.1, 0.15) is 5.56 Å². The molecule has 1 aromatic carbocycles. The summed E-state index contributed by atoms with van der Waals surface area (Å²) in [4.78, 5) is 12.8. The van der Waals surface area contributed by atoms with Gasteiger partial charge in [0.25, 0.3) is 11.1 Å². The van der Waals surface area contributed by atoms with Crippen molar-refractivity contribution in [2.75, 3.05) is 12.3 Å². The van der Waals surface area contributed by atoms with Crippen LogP contribution in [0.5, 0.6) is 0 Å². The monoisotopic (exact) mass is 379 g/mol. The molecule has 0 aliphatic carbocycles. The van der Waals surface area contributed by atoms with Crippen LogP contribution < -0.4 is 5.32 Å². The number of rotatable bonds is 7. The number of hydrogen-bond donors (Lipinski definition) is 1. The molecule has 0 saturated carbocycles. The van der Waals surface area contributed by atoms with Crippen LogP contribution in [0.25, 0.3) is 10.8 Å². The molecule has 3 aromatic rings. The maximum atomic E-state index is 11.9. The molecule has 0 bridgehead atoms. The zero-order valence-electron chi connectivity index (χ0n) is 12.6. The van der Waals surface area contributed by atoms with Crippen molar-refractivity contribution < 1.29 is 9.21 Å². The maximum Gasteiger partial charge on any atom is 0.277 e. The van der Waals surface area contributed by atoms with Crippen molar-refractivity contribution in [1.82, 2.24) is 15.5 Å². The van der Waals surface area contributed by atoms with Gasteiger partial charge in [-0.25, -0.2) is 0 Å². The molecule has 0 aliphatic heterocycles. The van der Waals surface area contributed by atoms with Crippen LogP contribution in [0.2, 0.25) is 5.02 Å². The van der Waals surface area contributed by atoms with Crippen LogP contribution in [0.4, 0.5) is 0 Å². The van der Waals surface area contributed by atoms with Gasteiger partial charge in [-0.3, -0.25) is 4.79 Å². The zero-order valence-corrected chi connectivity index (χ0v) is 15.0. The first kappa shape index (κ1) is 17.0. The minimum atomic E-state index is -0.0650. The lowest BCUT2D eigenvalue weighted by Gasteiger charge is -2.04. The normalized spacial score (nSPS) is 10.7. The second-order valence-corrected chi connectivity index (χ2v) is 7.18. The van der Waals surface area contributed by atoms with Gasteiger partial charge < -0.3 is 9.73 Å². The number of hydrogen-bond acceptors (Lipinski definition) is 6. The summed E-state index contributed by atoms with van der Waals surface area (Å²) < 4.78 is 5.52. The Bertz CT molecular complexity index is 788. The first-order valence-corrected chi connectivity index (χ1v) is 9.46. The molecule has 0 spiro atoms. The predicted molar refractivity (Wildman–Crippen MR) is 96.5 cm³/mol. The van der Waals surface area contributed by atoms with Crippen molar-refractivity contribution in [3.63, 3.8) is 0 Å². The lowest BCUT2D eigenvalue weighted by Crippen LogP contribution is -2.27. The summed E-state index contributed by atoms with van der Waals surface area (Å²) in [7, 11) is 0. The Morgan fingerprint density at radius 1 is 1.25 bits per heavy atom. The summed E-state index contributed by atoms with van der Waals surface area (Å²) in [6, 6.07) is 11.4. The van der Waals surface area contributed by atoms with E-state index in [0.717, 1.165) is 16.9 Å². The van der Waals surface area contributed by atoms with Gasteiger partial charge in [-0.1, -0.05) is 41.6 Å². The molecule has 5 nitrogen and oxygen atoms in total. The minimum Gasteiger partial charge on any atom is -0.410 e. The number of carbonyl (C=O) groups excluding carboxylic acids is 1. The van der Waals surface area contributed by atoms with Crippen molar-refractivity contribution in [3.8, 4) is 10.8 Å². The van der Waals surface area contributed by atoms with Gasteiger partial charge in [0.2, 0.25) is 5.91 Å². The number of aromatic nitrogens is 2. The fraction of sp³-hybridized carbons (Fsp3) is 0.188. The first-order chi connectivity index (χ1) is 11.7. The smallest absolute Gasteiger partial charge is 0.277 e. The van der Waals surface area contributed by atoms with E-state index in [1.807, 2.05) is 41.8 Å². The Hall–Kier alpha value is -1.83. The number of nitrogens with zero attached hydrogens (tertiary/aromatic N) is 2. The third-order valence-electron chi connectivity index (χ3n) is 3.11. The molecule has 0 aliphatic rings. The van der Waals surface area contributed by atoms with Gasteiger partial charge >= 0.3 is 0 Å². The predicted octanol–water partition coefficient (Wildman–Crippen LogP) is 3.90. The van der Waals surface area contributed by atoms with E-state index < -0.39 is 0 Å². The largest absolute Gasteiger partial charge is 0.410 e. The number of thioether (sulfide) groups is 1. The highest BCUT2D eigenvalue weighted by Crippen LogP contribution is 2.26. The van der Waals surface area contributed by atoms with Crippen LogP contribution in [0.15, 0.2) is 51.4 Å². The Kier molecular flexibility index (Phi) is 5.90. The summed E-state index contributed by atoms with van der Waals surface area (Å²) in [6.07, 6.45) is 0.761. The molecule has 0 fully saturated rings. The number of benzene rings is 1. The van der Waals surface area contributed by atoms with Crippen molar-refractivity contribution in [3.05, 3.63) is 52.4 Å². The van der Waals surface area contributed by atoms with Crippen LogP contribution in [-0.2, 0) is 11.2 Å². The highest BCUT2D eigenvalue weighted by atomic mass is 35.5. The Morgan fingerprint density at radius 2 is 2.08 bits per heavy atom. The average Bonchev–Trinajstić information content (AvgIpc) is 3.26. The molecule has 1 N–H and O–H groups in total. The van der Waals surface area contributed by atoms with E-state index in [1.54, 1.807) is 0 Å². The van der Waals surface area contributed by atoms with Crippen LogP contribution in [-0.4, -0.2) is 28.4 Å². The van der Waals surface area contributed by atoms with Gasteiger partial charge in [-0.05, 0) is 35.6 Å². The van der Waals surface area contributed by atoms with E-state index in [9.17, 15) is 4.79 Å². The number of carbonyl (C=O) groups is 1. The molecule has 0 radical (unpaired) electrons. The number of halogens is 1. The van der Waals surface area contributed by atoms with Gasteiger partial charge in [-0.15, -0.1) is 21.5 Å². The van der Waals surface area contributed by atoms with Gasteiger partial charge in [0, 0.05) is 11.6 Å². The molecular weight excluding hydrogens is 366 g/mol. The molecule has 0 unspecified atom stereocenters. The quantitative estimate of drug-likeness (QED) is 0.630. The van der Waals surface area contributed by atoms with E-state index in [2.05, 4.69) is 15.5 Å². The van der Waals surface area contributed by atoms with Crippen LogP contribution >= 0.6 is 34.7 Å². The highest BCUT2D eigenvalue weighted by Gasteiger charge is 2.11. The van der Waals surface area contributed by atoms with E-state index in [1.165, 1.54) is 23.1 Å². The van der Waals surface area contributed by atoms with Crippen molar-refractivity contribution in [2.45, 2.75) is 11.6 Å². The van der Waals surface area contributed by atoms with Crippen molar-refractivity contribution >= 4 is 40.6 Å². The molecular formula is C16H14ClN3O2S2. The molecule has 24 heavy (non-hydrogen) atoms. The van der Waals surface area contributed by atoms with E-state index in [0.29, 0.717) is 22.7 Å². The average molecular weight is 380 g/mol. The van der Waals surface area contributed by atoms with Crippen molar-refractivity contribution in [1.29, 1.82) is 0 Å². The van der Waals surface area contributed by atoms with E-state index in [-0.39, 0.29) is 11.7 Å². The molecule has 0 atom stereocenters. The Labute approximate surface area is 152 Å². The van der Waals surface area contributed by atoms with Gasteiger partial charge in [0.05, 0.1) is 10.6 Å². The van der Waals surface area contributed by atoms with Crippen molar-refractivity contribution in [2.24, 2.45) is 0 Å². The molecule has 2 heterocycles. The second-order valence-electron chi connectivity index (χ2n) is 4.87. The Balaban J connectivity index is 1.40. The van der Waals surface area contributed by atoms with Gasteiger partial charge in [0.15, 0.2) is 0 Å². The first-order valence-electron chi connectivity index (χ1n) is 7.22. The highest BCUT2D eigenvalue weighted by molar-refractivity contribution is 7.99. The molecule has 124 valence electrons. The fourth-order valence-electron chi connectivity index (χ4n) is 1.94. The summed E-state index contributed by atoms with van der Waals surface area (Å²) in [5, 5.41) is 13.8. The molecule has 2 aromatic heterocycles. The second kappa shape index (κ2) is 8.32. The number of thiophene rings is 1. The summed E-state index contributed by atoms with van der Waals surface area (Å²) in [6.45, 7) is 0.575. The van der Waals surface area contributed by atoms with E-state index in [4.69, 9.17) is 16.0 Å². The Morgan fingerprint density at radius 3 is 2.83 bits per heavy atom. The number of amides is 1. The molecule has 0 saturated heterocycles. The maximum absolute atomic E-state index is 11.9. The summed E-state index contributed by atoms with van der Waals surface area (Å²) in [5.41, 5.74) is 1.13. The zero-order chi connectivity index (χ0) is 16.8. The molecule has 8 heteroatoms. The standard InChI is InChI=1S/C16H14ClN3O2S2/c17-12-5-3-11(4-6-12)7-8-18-14(21)10-24-16-20-19-15(22-16)13-2-1-9-23-13/h1-6,9H,7-8,10H2,(H,18,21). The summed E-state index contributed by atoms with van der Waals surface area (Å²) in [5.74, 6) is 0.660. The number of nitrogens with one attached hydrogen (secondary N) is 1. The third kappa shape index (κ3) is 4.83.